The van der Waals surface area contributed by atoms with Crippen molar-refractivity contribution in [3.63, 3.8) is 0 Å². The number of hydrogen-bond acceptors (Lipinski definition) is 7. The molecular formula is C22H22N4O5S3. The van der Waals surface area contributed by atoms with Crippen LogP contribution in [-0.2, 0) is 24.8 Å². The average Bonchev–Trinajstić information content (AvgIpc) is 3.38. The predicted octanol–water partition coefficient (Wildman–Crippen LogP) is 1.96. The van der Waals surface area contributed by atoms with Gasteiger partial charge in [-0.1, -0.05) is 42.5 Å². The second-order valence-electron chi connectivity index (χ2n) is 7.37. The summed E-state index contributed by atoms with van der Waals surface area (Å²) in [5.41, 5.74) is 2.37. The van der Waals surface area contributed by atoms with Gasteiger partial charge in [-0.25, -0.2) is 22.3 Å². The summed E-state index contributed by atoms with van der Waals surface area (Å²) in [7, 11) is -7.98. The summed E-state index contributed by atoms with van der Waals surface area (Å²) in [5, 5.41) is 5.77. The van der Waals surface area contributed by atoms with Crippen LogP contribution in [0.15, 0.2) is 93.1 Å². The molecule has 4 rings (SSSR count). The molecule has 1 unspecified atom stereocenters. The van der Waals surface area contributed by atoms with Crippen LogP contribution in [0.3, 0.4) is 0 Å². The topological polar surface area (TPSA) is 116 Å². The van der Waals surface area contributed by atoms with Crippen LogP contribution in [0, 0.1) is 0 Å². The van der Waals surface area contributed by atoms with Crippen LogP contribution in [0.4, 0.5) is 0 Å². The van der Waals surface area contributed by atoms with E-state index in [1.165, 1.54) is 41.8 Å². The van der Waals surface area contributed by atoms with E-state index in [0.29, 0.717) is 0 Å². The van der Waals surface area contributed by atoms with E-state index < -0.39 is 32.0 Å². The fourth-order valence-corrected chi connectivity index (χ4v) is 7.16. The number of nitrogens with one attached hydrogen (secondary N) is 1. The molecule has 1 saturated heterocycles. The Hall–Kier alpha value is -2.90. The third-order valence-corrected chi connectivity index (χ3v) is 9.85. The van der Waals surface area contributed by atoms with Crippen molar-refractivity contribution in [2.75, 3.05) is 19.6 Å². The normalized spacial score (nSPS) is 18.2. The van der Waals surface area contributed by atoms with Crippen LogP contribution < -0.4 is 5.43 Å². The molecule has 2 heterocycles. The fraction of sp³-hybridized carbons (Fsp3) is 0.182. The van der Waals surface area contributed by atoms with Gasteiger partial charge in [0.2, 0.25) is 20.0 Å². The molecule has 12 heteroatoms. The van der Waals surface area contributed by atoms with Gasteiger partial charge in [0.15, 0.2) is 0 Å². The number of carbonyl (C=O) groups excluding carboxylic acids is 1. The third kappa shape index (κ3) is 5.10. The van der Waals surface area contributed by atoms with Crippen LogP contribution in [0.2, 0.25) is 0 Å². The minimum Gasteiger partial charge on any atom is -0.271 e. The molecule has 34 heavy (non-hydrogen) atoms. The van der Waals surface area contributed by atoms with E-state index in [9.17, 15) is 21.6 Å². The summed E-state index contributed by atoms with van der Waals surface area (Å²) in [6, 6.07) is 17.9. The zero-order valence-electron chi connectivity index (χ0n) is 17.9. The van der Waals surface area contributed by atoms with Crippen molar-refractivity contribution < 1.29 is 21.6 Å². The maximum atomic E-state index is 13.3. The van der Waals surface area contributed by atoms with Gasteiger partial charge in [0, 0.05) is 24.5 Å². The van der Waals surface area contributed by atoms with Crippen LogP contribution in [-0.4, -0.2) is 63.2 Å². The highest BCUT2D eigenvalue weighted by Gasteiger charge is 2.43. The van der Waals surface area contributed by atoms with Gasteiger partial charge in [0.25, 0.3) is 5.91 Å². The lowest BCUT2D eigenvalue weighted by Gasteiger charge is -2.38. The highest BCUT2D eigenvalue weighted by molar-refractivity contribution is 7.89. The highest BCUT2D eigenvalue weighted by Crippen LogP contribution is 2.25. The molecule has 0 spiro atoms. The third-order valence-electron chi connectivity index (χ3n) is 5.24. The summed E-state index contributed by atoms with van der Waals surface area (Å²) in [5.74, 6) is -0.722. The molecule has 1 N–H and O–H groups in total. The number of sulfonamides is 2. The molecule has 1 aromatic heterocycles. The van der Waals surface area contributed by atoms with E-state index in [4.69, 9.17) is 0 Å². The Morgan fingerprint density at radius 1 is 0.882 bits per heavy atom. The van der Waals surface area contributed by atoms with Crippen LogP contribution in [0.1, 0.15) is 4.88 Å². The van der Waals surface area contributed by atoms with Crippen LogP contribution in [0.5, 0.6) is 0 Å². The molecule has 1 fully saturated rings. The van der Waals surface area contributed by atoms with Crippen molar-refractivity contribution in [3.8, 4) is 0 Å². The quantitative estimate of drug-likeness (QED) is 0.379. The summed E-state index contributed by atoms with van der Waals surface area (Å²) < 4.78 is 55.1. The molecule has 0 radical (unpaired) electrons. The first-order chi connectivity index (χ1) is 16.3. The molecule has 9 nitrogen and oxygen atoms in total. The van der Waals surface area contributed by atoms with Crippen LogP contribution >= 0.6 is 11.3 Å². The molecule has 178 valence electrons. The van der Waals surface area contributed by atoms with Gasteiger partial charge < -0.3 is 0 Å². The lowest BCUT2D eigenvalue weighted by Crippen LogP contribution is -2.60. The number of benzene rings is 2. The van der Waals surface area contributed by atoms with Crippen molar-refractivity contribution in [1.29, 1.82) is 0 Å². The van der Waals surface area contributed by atoms with Gasteiger partial charge >= 0.3 is 0 Å². The van der Waals surface area contributed by atoms with Gasteiger partial charge in [0.1, 0.15) is 6.04 Å². The predicted molar refractivity (Wildman–Crippen MR) is 129 cm³/mol. The first kappa shape index (κ1) is 24.2. The summed E-state index contributed by atoms with van der Waals surface area (Å²) in [6.45, 7) is -0.620. The smallest absolute Gasteiger partial charge is 0.259 e. The van der Waals surface area contributed by atoms with E-state index in [0.717, 1.165) is 13.5 Å². The standard InChI is InChI=1S/C22H22N4O5S3/c27-22(24-23-16-18-8-7-15-32-18)21-17-25(33(28,29)19-9-3-1-4-10-19)13-14-26(21)34(30,31)20-11-5-2-6-12-20/h1-12,15-16,21H,13-14,17H2,(H,24,27). The maximum Gasteiger partial charge on any atom is 0.259 e. The van der Waals surface area contributed by atoms with Crippen molar-refractivity contribution in [1.82, 2.24) is 14.0 Å². The number of hydrazone groups is 1. The number of thiophene rings is 1. The van der Waals surface area contributed by atoms with E-state index in [2.05, 4.69) is 10.5 Å². The number of nitrogens with zero attached hydrogens (tertiary/aromatic N) is 3. The Balaban J connectivity index is 1.63. The Morgan fingerprint density at radius 3 is 2.09 bits per heavy atom. The zero-order valence-corrected chi connectivity index (χ0v) is 20.3. The van der Waals surface area contributed by atoms with E-state index in [1.54, 1.807) is 42.5 Å². The molecule has 2 aromatic carbocycles. The van der Waals surface area contributed by atoms with E-state index in [1.807, 2.05) is 11.4 Å². The maximum absolute atomic E-state index is 13.3. The number of piperazine rings is 1. The SMILES string of the molecule is O=C(NN=Cc1cccs1)C1CN(S(=O)(=O)c2ccccc2)CCN1S(=O)(=O)c1ccccc1. The molecule has 1 atom stereocenters. The average molecular weight is 519 g/mol. The minimum absolute atomic E-state index is 0.0225. The monoisotopic (exact) mass is 518 g/mol. The highest BCUT2D eigenvalue weighted by atomic mass is 32.2. The first-order valence-corrected chi connectivity index (χ1v) is 14.0. The summed E-state index contributed by atoms with van der Waals surface area (Å²) >= 11 is 1.42. The van der Waals surface area contributed by atoms with Crippen molar-refractivity contribution in [2.24, 2.45) is 5.10 Å². The molecule has 0 aliphatic carbocycles. The Labute approximate surface area is 202 Å². The zero-order chi connectivity index (χ0) is 24.2. The summed E-state index contributed by atoms with van der Waals surface area (Å²) in [4.78, 5) is 14.0. The number of carbonyl (C=O) groups is 1. The van der Waals surface area contributed by atoms with E-state index in [-0.39, 0.29) is 29.4 Å². The Kier molecular flexibility index (Phi) is 7.24. The molecule has 1 aliphatic rings. The van der Waals surface area contributed by atoms with Crippen molar-refractivity contribution in [3.05, 3.63) is 83.1 Å². The molecule has 0 bridgehead atoms. The molecule has 1 amide bonds. The van der Waals surface area contributed by atoms with Gasteiger partial charge in [0.05, 0.1) is 16.0 Å². The van der Waals surface area contributed by atoms with Gasteiger partial charge in [-0.05, 0) is 35.7 Å². The lowest BCUT2D eigenvalue weighted by molar-refractivity contribution is -0.125. The number of rotatable bonds is 7. The molecular weight excluding hydrogens is 496 g/mol. The second-order valence-corrected chi connectivity index (χ2v) is 12.2. The number of hydrogen-bond donors (Lipinski definition) is 1. The van der Waals surface area contributed by atoms with Gasteiger partial charge in [-0.3, -0.25) is 4.79 Å². The molecule has 3 aromatic rings. The fourth-order valence-electron chi connectivity index (χ4n) is 3.53. The van der Waals surface area contributed by atoms with Crippen molar-refractivity contribution >= 4 is 43.5 Å². The Morgan fingerprint density at radius 2 is 1.50 bits per heavy atom. The van der Waals surface area contributed by atoms with Gasteiger partial charge in [-0.15, -0.1) is 11.3 Å². The van der Waals surface area contributed by atoms with Gasteiger partial charge in [-0.2, -0.15) is 13.7 Å². The number of amides is 1. The van der Waals surface area contributed by atoms with Crippen LogP contribution in [0.25, 0.3) is 0 Å². The first-order valence-electron chi connectivity index (χ1n) is 10.3. The minimum atomic E-state index is -4.06. The second kappa shape index (κ2) is 10.2. The van der Waals surface area contributed by atoms with E-state index >= 15 is 0 Å². The molecule has 0 saturated carbocycles. The summed E-state index contributed by atoms with van der Waals surface area (Å²) in [6.07, 6.45) is 1.44. The molecule has 1 aliphatic heterocycles. The lowest BCUT2D eigenvalue weighted by atomic mass is 10.2. The Bertz CT molecular complexity index is 1360. The largest absolute Gasteiger partial charge is 0.271 e. The van der Waals surface area contributed by atoms with Crippen molar-refractivity contribution in [2.45, 2.75) is 15.8 Å².